The lowest BCUT2D eigenvalue weighted by molar-refractivity contribution is 0.0164. The Morgan fingerprint density at radius 2 is 1.78 bits per heavy atom. The van der Waals surface area contributed by atoms with Crippen LogP contribution < -0.4 is 0 Å². The number of aliphatic hydroxyl groups excluding tert-OH is 2. The highest BCUT2D eigenvalue weighted by atomic mass is 19.1. The van der Waals surface area contributed by atoms with Crippen LogP contribution in [0.15, 0.2) is 24.3 Å². The van der Waals surface area contributed by atoms with Gasteiger partial charge in [-0.05, 0) is 36.5 Å². The highest BCUT2D eigenvalue weighted by Gasteiger charge is 2.32. The Bertz CT molecular complexity index is 369. The fourth-order valence-electron chi connectivity index (χ4n) is 1.92. The van der Waals surface area contributed by atoms with E-state index in [4.69, 9.17) is 4.74 Å². The van der Waals surface area contributed by atoms with Gasteiger partial charge in [0.05, 0.1) is 25.2 Å². The molecule has 3 nitrogen and oxygen atoms in total. The quantitative estimate of drug-likeness (QED) is 0.775. The monoisotopic (exact) mass is 254 g/mol. The lowest BCUT2D eigenvalue weighted by Gasteiger charge is -2.30. The molecule has 1 saturated carbocycles. The molecule has 0 atom stereocenters. The van der Waals surface area contributed by atoms with Gasteiger partial charge in [0.25, 0.3) is 0 Å². The van der Waals surface area contributed by atoms with Crippen LogP contribution in [0.4, 0.5) is 4.39 Å². The lowest BCUT2D eigenvalue weighted by atomic mass is 9.83. The van der Waals surface area contributed by atoms with Crippen molar-refractivity contribution in [3.05, 3.63) is 35.6 Å². The maximum absolute atomic E-state index is 12.9. The molecule has 1 aromatic carbocycles. The van der Waals surface area contributed by atoms with E-state index in [9.17, 15) is 14.6 Å². The highest BCUT2D eigenvalue weighted by molar-refractivity contribution is 5.26. The van der Waals surface area contributed by atoms with Crippen LogP contribution in [0.25, 0.3) is 0 Å². The molecule has 2 N–H and O–H groups in total. The summed E-state index contributed by atoms with van der Waals surface area (Å²) in [4.78, 5) is 0. The molecule has 100 valence electrons. The van der Waals surface area contributed by atoms with Crippen LogP contribution in [0.2, 0.25) is 0 Å². The molecule has 0 amide bonds. The summed E-state index contributed by atoms with van der Waals surface area (Å²) in [6.45, 7) is 0.477. The van der Waals surface area contributed by atoms with Gasteiger partial charge in [0.15, 0.2) is 0 Å². The zero-order chi connectivity index (χ0) is 13.0. The molecule has 0 aromatic heterocycles. The number of aliphatic hydroxyl groups is 2. The average Bonchev–Trinajstić information content (AvgIpc) is 3.20. The van der Waals surface area contributed by atoms with E-state index in [1.54, 1.807) is 12.1 Å². The van der Waals surface area contributed by atoms with Crippen molar-refractivity contribution >= 4 is 0 Å². The van der Waals surface area contributed by atoms with Crippen LogP contribution in [0, 0.1) is 11.7 Å². The zero-order valence-electron chi connectivity index (χ0n) is 10.3. The standard InChI is InChI=1S/C14H19FO3/c15-13-5-3-12(4-6-13)14(8-16,9-17)10-18-7-11-1-2-11/h3-6,11,16-17H,1-2,7-10H2. The molecule has 0 aliphatic heterocycles. The third-order valence-electron chi connectivity index (χ3n) is 3.49. The molecule has 1 fully saturated rings. The van der Waals surface area contributed by atoms with Crippen LogP contribution in [0.1, 0.15) is 18.4 Å². The maximum atomic E-state index is 12.9. The summed E-state index contributed by atoms with van der Waals surface area (Å²) >= 11 is 0. The third kappa shape index (κ3) is 3.07. The molecule has 1 aliphatic carbocycles. The van der Waals surface area contributed by atoms with Crippen molar-refractivity contribution < 1.29 is 19.3 Å². The second-order valence-corrected chi connectivity index (χ2v) is 5.06. The summed E-state index contributed by atoms with van der Waals surface area (Å²) in [7, 11) is 0. The van der Waals surface area contributed by atoms with Gasteiger partial charge in [-0.1, -0.05) is 12.1 Å². The summed E-state index contributed by atoms with van der Waals surface area (Å²) < 4.78 is 18.5. The van der Waals surface area contributed by atoms with E-state index in [2.05, 4.69) is 0 Å². The molecule has 0 saturated heterocycles. The minimum Gasteiger partial charge on any atom is -0.395 e. The third-order valence-corrected chi connectivity index (χ3v) is 3.49. The van der Waals surface area contributed by atoms with Crippen molar-refractivity contribution in [2.24, 2.45) is 5.92 Å². The van der Waals surface area contributed by atoms with Gasteiger partial charge in [-0.15, -0.1) is 0 Å². The Kier molecular flexibility index (Phi) is 4.32. The van der Waals surface area contributed by atoms with Gasteiger partial charge in [-0.25, -0.2) is 4.39 Å². The van der Waals surface area contributed by atoms with Crippen molar-refractivity contribution in [1.29, 1.82) is 0 Å². The Morgan fingerprint density at radius 1 is 1.17 bits per heavy atom. The van der Waals surface area contributed by atoms with E-state index in [0.29, 0.717) is 18.1 Å². The molecule has 1 aliphatic rings. The molecule has 0 heterocycles. The van der Waals surface area contributed by atoms with Crippen LogP contribution >= 0.6 is 0 Å². The minimum absolute atomic E-state index is 0.222. The zero-order valence-corrected chi connectivity index (χ0v) is 10.3. The van der Waals surface area contributed by atoms with Gasteiger partial charge in [0.1, 0.15) is 5.82 Å². The number of ether oxygens (including phenoxy) is 1. The average molecular weight is 254 g/mol. The summed E-state index contributed by atoms with van der Waals surface area (Å²) in [5, 5.41) is 19.1. The number of rotatable bonds is 7. The molecule has 0 bridgehead atoms. The fraction of sp³-hybridized carbons (Fsp3) is 0.571. The molecule has 0 unspecified atom stereocenters. The van der Waals surface area contributed by atoms with Crippen molar-refractivity contribution in [2.75, 3.05) is 26.4 Å². The van der Waals surface area contributed by atoms with Crippen LogP contribution in [-0.4, -0.2) is 36.6 Å². The highest BCUT2D eigenvalue weighted by Crippen LogP contribution is 2.30. The normalized spacial score (nSPS) is 15.9. The first kappa shape index (κ1) is 13.5. The first-order valence-corrected chi connectivity index (χ1v) is 6.26. The lowest BCUT2D eigenvalue weighted by Crippen LogP contribution is -2.40. The predicted octanol–water partition coefficient (Wildman–Crippen LogP) is 1.47. The Hall–Kier alpha value is -0.970. The Morgan fingerprint density at radius 3 is 2.28 bits per heavy atom. The van der Waals surface area contributed by atoms with E-state index in [-0.39, 0.29) is 25.6 Å². The van der Waals surface area contributed by atoms with Gasteiger partial charge in [-0.2, -0.15) is 0 Å². The fourth-order valence-corrected chi connectivity index (χ4v) is 1.92. The van der Waals surface area contributed by atoms with Gasteiger partial charge >= 0.3 is 0 Å². The molecule has 2 rings (SSSR count). The van der Waals surface area contributed by atoms with Crippen molar-refractivity contribution in [2.45, 2.75) is 18.3 Å². The Balaban J connectivity index is 2.05. The molecule has 1 aromatic rings. The SMILES string of the molecule is OCC(CO)(COCC1CC1)c1ccc(F)cc1. The van der Waals surface area contributed by atoms with E-state index < -0.39 is 5.41 Å². The second-order valence-electron chi connectivity index (χ2n) is 5.06. The first-order valence-electron chi connectivity index (χ1n) is 6.26. The maximum Gasteiger partial charge on any atom is 0.123 e. The number of benzene rings is 1. The first-order chi connectivity index (χ1) is 8.70. The van der Waals surface area contributed by atoms with Crippen LogP contribution in [0.3, 0.4) is 0 Å². The topological polar surface area (TPSA) is 49.7 Å². The van der Waals surface area contributed by atoms with E-state index in [0.717, 1.165) is 0 Å². The summed E-state index contributed by atoms with van der Waals surface area (Å²) in [6.07, 6.45) is 2.39. The van der Waals surface area contributed by atoms with Crippen LogP contribution in [0.5, 0.6) is 0 Å². The smallest absolute Gasteiger partial charge is 0.123 e. The Labute approximate surface area is 106 Å². The molecule has 0 radical (unpaired) electrons. The summed E-state index contributed by atoms with van der Waals surface area (Å²) in [6, 6.07) is 5.83. The molecular weight excluding hydrogens is 235 g/mol. The minimum atomic E-state index is -0.845. The molecule has 4 heteroatoms. The largest absolute Gasteiger partial charge is 0.395 e. The van der Waals surface area contributed by atoms with E-state index in [1.165, 1.54) is 25.0 Å². The number of halogens is 1. The predicted molar refractivity (Wildman–Crippen MR) is 65.8 cm³/mol. The van der Waals surface area contributed by atoms with Crippen molar-refractivity contribution in [1.82, 2.24) is 0 Å². The van der Waals surface area contributed by atoms with Crippen LogP contribution in [-0.2, 0) is 10.2 Å². The van der Waals surface area contributed by atoms with Crippen molar-refractivity contribution in [3.8, 4) is 0 Å². The number of hydrogen-bond donors (Lipinski definition) is 2. The van der Waals surface area contributed by atoms with Gasteiger partial charge < -0.3 is 14.9 Å². The number of hydrogen-bond acceptors (Lipinski definition) is 3. The summed E-state index contributed by atoms with van der Waals surface area (Å²) in [5.74, 6) is 0.302. The van der Waals surface area contributed by atoms with E-state index >= 15 is 0 Å². The van der Waals surface area contributed by atoms with E-state index in [1.807, 2.05) is 0 Å². The summed E-state index contributed by atoms with van der Waals surface area (Å²) in [5.41, 5.74) is -0.146. The molecule has 18 heavy (non-hydrogen) atoms. The molecular formula is C14H19FO3. The second kappa shape index (κ2) is 5.78. The molecule has 0 spiro atoms. The van der Waals surface area contributed by atoms with Gasteiger partial charge in [0.2, 0.25) is 0 Å². The van der Waals surface area contributed by atoms with Gasteiger partial charge in [-0.3, -0.25) is 0 Å². The van der Waals surface area contributed by atoms with Gasteiger partial charge in [0, 0.05) is 6.61 Å². The van der Waals surface area contributed by atoms with Crippen molar-refractivity contribution in [3.63, 3.8) is 0 Å².